The van der Waals surface area contributed by atoms with Crippen LogP contribution in [0, 0.1) is 0 Å². The first-order valence-corrected chi connectivity index (χ1v) is 7.00. The minimum atomic E-state index is -0.415. The Bertz CT molecular complexity index is 438. The third-order valence-corrected chi connectivity index (χ3v) is 3.25. The maximum absolute atomic E-state index is 11.8. The lowest BCUT2D eigenvalue weighted by Gasteiger charge is -2.26. The Morgan fingerprint density at radius 3 is 2.05 bits per heavy atom. The summed E-state index contributed by atoms with van der Waals surface area (Å²) in [5, 5.41) is 0. The number of carbonyl (C=O) groups is 1. The van der Waals surface area contributed by atoms with Gasteiger partial charge in [-0.15, -0.1) is 0 Å². The predicted octanol–water partition coefficient (Wildman–Crippen LogP) is 4.09. The molecule has 3 nitrogen and oxygen atoms in total. The van der Waals surface area contributed by atoms with Crippen molar-refractivity contribution in [2.24, 2.45) is 0 Å². The van der Waals surface area contributed by atoms with E-state index in [0.29, 0.717) is 6.42 Å². The number of esters is 1. The van der Waals surface area contributed by atoms with Gasteiger partial charge in [0, 0.05) is 6.42 Å². The molecule has 0 spiro atoms. The molecule has 0 saturated carbocycles. The third-order valence-electron chi connectivity index (χ3n) is 3.25. The molecule has 0 aliphatic rings. The molecule has 112 valence electrons. The Hall–Kier alpha value is -1.51. The summed E-state index contributed by atoms with van der Waals surface area (Å²) in [4.78, 5) is 11.8. The highest BCUT2D eigenvalue weighted by Gasteiger charge is 2.24. The van der Waals surface area contributed by atoms with Crippen molar-refractivity contribution in [3.05, 3.63) is 29.8 Å². The van der Waals surface area contributed by atoms with E-state index in [1.54, 1.807) is 7.11 Å². The highest BCUT2D eigenvalue weighted by molar-refractivity contribution is 5.70. The summed E-state index contributed by atoms with van der Waals surface area (Å²) in [7, 11) is 1.66. The van der Waals surface area contributed by atoms with Crippen molar-refractivity contribution >= 4 is 5.97 Å². The van der Waals surface area contributed by atoms with Gasteiger partial charge >= 0.3 is 5.97 Å². The number of benzene rings is 1. The van der Waals surface area contributed by atoms with Crippen LogP contribution in [0.1, 0.15) is 53.0 Å². The molecule has 1 aromatic rings. The van der Waals surface area contributed by atoms with Gasteiger partial charge in [0.15, 0.2) is 0 Å². The Kier molecular flexibility index (Phi) is 5.21. The number of ether oxygens (including phenoxy) is 2. The molecular formula is C17H26O3. The van der Waals surface area contributed by atoms with Gasteiger partial charge in [0.1, 0.15) is 11.4 Å². The summed E-state index contributed by atoms with van der Waals surface area (Å²) in [5.74, 6) is 0.704. The van der Waals surface area contributed by atoms with E-state index in [1.807, 2.05) is 45.0 Å². The first kappa shape index (κ1) is 16.5. The lowest BCUT2D eigenvalue weighted by Crippen LogP contribution is -2.26. The van der Waals surface area contributed by atoms with Crippen LogP contribution in [0.2, 0.25) is 0 Å². The Morgan fingerprint density at radius 2 is 1.60 bits per heavy atom. The van der Waals surface area contributed by atoms with Gasteiger partial charge in [-0.2, -0.15) is 0 Å². The number of hydrogen-bond acceptors (Lipinski definition) is 3. The van der Waals surface area contributed by atoms with E-state index in [-0.39, 0.29) is 11.4 Å². The van der Waals surface area contributed by atoms with Gasteiger partial charge in [-0.3, -0.25) is 4.79 Å². The molecular weight excluding hydrogens is 252 g/mol. The monoisotopic (exact) mass is 278 g/mol. The van der Waals surface area contributed by atoms with Crippen LogP contribution >= 0.6 is 0 Å². The fraction of sp³-hybridized carbons (Fsp3) is 0.588. The fourth-order valence-corrected chi connectivity index (χ4v) is 1.99. The minimum Gasteiger partial charge on any atom is -0.497 e. The maximum Gasteiger partial charge on any atom is 0.306 e. The lowest BCUT2D eigenvalue weighted by molar-refractivity contribution is -0.155. The molecule has 0 aliphatic heterocycles. The van der Waals surface area contributed by atoms with Gasteiger partial charge in [-0.1, -0.05) is 26.0 Å². The zero-order chi connectivity index (χ0) is 15.4. The molecule has 0 heterocycles. The van der Waals surface area contributed by atoms with E-state index in [9.17, 15) is 4.79 Å². The van der Waals surface area contributed by atoms with Crippen LogP contribution in [0.15, 0.2) is 24.3 Å². The fourth-order valence-electron chi connectivity index (χ4n) is 1.99. The van der Waals surface area contributed by atoms with E-state index in [0.717, 1.165) is 12.2 Å². The second-order valence-corrected chi connectivity index (χ2v) is 6.70. The van der Waals surface area contributed by atoms with Crippen molar-refractivity contribution in [2.75, 3.05) is 7.11 Å². The third kappa shape index (κ3) is 5.24. The largest absolute Gasteiger partial charge is 0.497 e. The molecule has 0 unspecified atom stereocenters. The van der Waals surface area contributed by atoms with E-state index in [1.165, 1.54) is 5.56 Å². The van der Waals surface area contributed by atoms with Crippen molar-refractivity contribution in [1.82, 2.24) is 0 Å². The van der Waals surface area contributed by atoms with Crippen molar-refractivity contribution in [2.45, 2.75) is 58.5 Å². The van der Waals surface area contributed by atoms with E-state index < -0.39 is 5.60 Å². The Morgan fingerprint density at radius 1 is 1.05 bits per heavy atom. The van der Waals surface area contributed by atoms with Crippen LogP contribution in [-0.4, -0.2) is 18.7 Å². The van der Waals surface area contributed by atoms with Crippen LogP contribution in [0.4, 0.5) is 0 Å². The Labute approximate surface area is 122 Å². The smallest absolute Gasteiger partial charge is 0.306 e. The molecule has 0 amide bonds. The molecule has 0 atom stereocenters. The van der Waals surface area contributed by atoms with Crippen LogP contribution in [0.3, 0.4) is 0 Å². The van der Waals surface area contributed by atoms with E-state index in [4.69, 9.17) is 9.47 Å². The molecule has 20 heavy (non-hydrogen) atoms. The molecule has 0 aliphatic carbocycles. The molecule has 0 radical (unpaired) electrons. The van der Waals surface area contributed by atoms with Gasteiger partial charge in [-0.25, -0.2) is 0 Å². The second-order valence-electron chi connectivity index (χ2n) is 6.70. The van der Waals surface area contributed by atoms with Crippen LogP contribution in [-0.2, 0) is 14.9 Å². The summed E-state index contributed by atoms with van der Waals surface area (Å²) < 4.78 is 10.5. The molecule has 1 aromatic carbocycles. The van der Waals surface area contributed by atoms with Gasteiger partial charge in [-0.05, 0) is 50.3 Å². The topological polar surface area (TPSA) is 35.5 Å². The minimum absolute atomic E-state index is 0.0663. The van der Waals surface area contributed by atoms with Crippen LogP contribution in [0.5, 0.6) is 5.75 Å². The average Bonchev–Trinajstić information content (AvgIpc) is 2.35. The highest BCUT2D eigenvalue weighted by atomic mass is 16.6. The van der Waals surface area contributed by atoms with Gasteiger partial charge in [0.25, 0.3) is 0 Å². The molecule has 0 bridgehead atoms. The number of hydrogen-bond donors (Lipinski definition) is 0. The molecule has 0 N–H and O–H groups in total. The second kappa shape index (κ2) is 6.29. The van der Waals surface area contributed by atoms with E-state index in [2.05, 4.69) is 13.8 Å². The van der Waals surface area contributed by atoms with Gasteiger partial charge in [0.2, 0.25) is 0 Å². The first-order valence-electron chi connectivity index (χ1n) is 7.00. The summed E-state index contributed by atoms with van der Waals surface area (Å²) in [6, 6.07) is 8.00. The number of carbonyl (C=O) groups excluding carboxylic acids is 1. The first-order chi connectivity index (χ1) is 9.14. The lowest BCUT2D eigenvalue weighted by atomic mass is 9.80. The summed E-state index contributed by atoms with van der Waals surface area (Å²) in [5.41, 5.74) is 0.715. The van der Waals surface area contributed by atoms with Crippen LogP contribution in [0.25, 0.3) is 0 Å². The predicted molar refractivity (Wildman–Crippen MR) is 81.1 cm³/mol. The number of methoxy groups -OCH3 is 1. The zero-order valence-electron chi connectivity index (χ0n) is 13.4. The zero-order valence-corrected chi connectivity index (χ0v) is 13.4. The summed E-state index contributed by atoms with van der Waals surface area (Å²) in [6.07, 6.45) is 1.19. The quantitative estimate of drug-likeness (QED) is 0.761. The molecule has 1 rings (SSSR count). The normalized spacial score (nSPS) is 12.1. The van der Waals surface area contributed by atoms with Crippen molar-refractivity contribution in [1.29, 1.82) is 0 Å². The maximum atomic E-state index is 11.8. The van der Waals surface area contributed by atoms with Gasteiger partial charge in [0.05, 0.1) is 7.11 Å². The van der Waals surface area contributed by atoms with Gasteiger partial charge < -0.3 is 9.47 Å². The standard InChI is InChI=1S/C17H26O3/c1-16(2,3)20-15(18)11-12-17(4,5)13-7-9-14(19-6)10-8-13/h7-10H,11-12H2,1-6H3. The summed E-state index contributed by atoms with van der Waals surface area (Å²) >= 11 is 0. The highest BCUT2D eigenvalue weighted by Crippen LogP contribution is 2.30. The Balaban J connectivity index is 2.62. The van der Waals surface area contributed by atoms with E-state index >= 15 is 0 Å². The van der Waals surface area contributed by atoms with Crippen molar-refractivity contribution in [3.63, 3.8) is 0 Å². The molecule has 3 heteroatoms. The van der Waals surface area contributed by atoms with Crippen molar-refractivity contribution in [3.8, 4) is 5.75 Å². The van der Waals surface area contributed by atoms with Crippen molar-refractivity contribution < 1.29 is 14.3 Å². The van der Waals surface area contributed by atoms with Crippen LogP contribution < -0.4 is 4.74 Å². The molecule has 0 fully saturated rings. The molecule has 0 aromatic heterocycles. The average molecular weight is 278 g/mol. The number of rotatable bonds is 5. The summed E-state index contributed by atoms with van der Waals surface area (Å²) in [6.45, 7) is 9.94. The SMILES string of the molecule is COc1ccc(C(C)(C)CCC(=O)OC(C)(C)C)cc1. The molecule has 0 saturated heterocycles.